The van der Waals surface area contributed by atoms with E-state index in [0.717, 1.165) is 17.1 Å². The van der Waals surface area contributed by atoms with E-state index in [1.165, 1.54) is 22.2 Å². The molecule has 0 aliphatic heterocycles. The van der Waals surface area contributed by atoms with Gasteiger partial charge >= 0.3 is 5.97 Å². The van der Waals surface area contributed by atoms with Crippen molar-refractivity contribution < 1.29 is 31.1 Å². The normalized spacial score (nSPS) is 10.4. The third-order valence-corrected chi connectivity index (χ3v) is 4.71. The topological polar surface area (TPSA) is 30.2 Å². The predicted molar refractivity (Wildman–Crippen MR) is 88.6 cm³/mol. The van der Waals surface area contributed by atoms with Crippen LogP contribution in [0.15, 0.2) is 42.5 Å². The molecule has 1 heterocycles. The van der Waals surface area contributed by atoms with Crippen LogP contribution in [0.2, 0.25) is 5.02 Å². The van der Waals surface area contributed by atoms with Crippen LogP contribution in [0.25, 0.3) is 10.2 Å². The molecule has 3 rings (SSSR count). The maximum atomic E-state index is 11.1. The van der Waals surface area contributed by atoms with Gasteiger partial charge in [0.25, 0.3) is 0 Å². The van der Waals surface area contributed by atoms with Gasteiger partial charge in [0.05, 0.1) is 6.07 Å². The van der Waals surface area contributed by atoms with Crippen molar-refractivity contribution in [1.82, 2.24) is 0 Å². The molecule has 0 fully saturated rings. The van der Waals surface area contributed by atoms with E-state index in [1.54, 1.807) is 11.3 Å². The molecule has 0 atom stereocenters. The highest BCUT2D eigenvalue weighted by Gasteiger charge is 2.18. The number of carbonyl (C=O) groups excluding carboxylic acids is 1. The Morgan fingerprint density at radius 2 is 1.91 bits per heavy atom. The maximum Gasteiger partial charge on any atom is 0.308 e. The van der Waals surface area contributed by atoms with E-state index in [-0.39, 0.29) is 23.0 Å². The van der Waals surface area contributed by atoms with Crippen molar-refractivity contribution in [1.29, 1.82) is 0 Å². The van der Waals surface area contributed by atoms with E-state index >= 15 is 0 Å². The minimum absolute atomic E-state index is 0. The number of esters is 1. The van der Waals surface area contributed by atoms with E-state index in [0.29, 0.717) is 5.75 Å². The van der Waals surface area contributed by atoms with Gasteiger partial charge < -0.3 is 21.7 Å². The molecule has 0 aliphatic rings. The Balaban J connectivity index is 0.00000192. The molecule has 0 saturated heterocycles. The van der Waals surface area contributed by atoms with Gasteiger partial charge in [-0.05, 0) is 24.3 Å². The largest absolute Gasteiger partial charge is 1.00 e. The Bertz CT molecular complexity index is 846. The minimum atomic E-state index is -0.310. The lowest BCUT2D eigenvalue weighted by Gasteiger charge is -2.01. The summed E-state index contributed by atoms with van der Waals surface area (Å²) in [4.78, 5) is 11.1. The fourth-order valence-corrected chi connectivity index (χ4v) is 3.50. The van der Waals surface area contributed by atoms with Crippen LogP contribution in [0.4, 0.5) is 0 Å². The van der Waals surface area contributed by atoms with Crippen LogP contribution in [-0.2, 0) is 11.3 Å². The van der Waals surface area contributed by atoms with Gasteiger partial charge in [0, 0.05) is 24.4 Å². The van der Waals surface area contributed by atoms with Gasteiger partial charge in [-0.2, -0.15) is 4.57 Å². The summed E-state index contributed by atoms with van der Waals surface area (Å²) in [5.74, 6) is 0.262. The number of halogens is 2. The zero-order valence-electron chi connectivity index (χ0n) is 12.7. The molecule has 0 amide bonds. The highest BCUT2D eigenvalue weighted by atomic mass is 79.9. The molecule has 0 aliphatic carbocycles. The van der Waals surface area contributed by atoms with Crippen LogP contribution >= 0.6 is 22.9 Å². The number of nitrogens with zero attached hydrogens (tertiary/aromatic N) is 1. The first-order chi connectivity index (χ1) is 10.5. The van der Waals surface area contributed by atoms with Gasteiger partial charge in [0.1, 0.15) is 10.4 Å². The molecule has 3 nitrogen and oxygen atoms in total. The molecule has 3 aromatic rings. The Kier molecular flexibility index (Phi) is 5.79. The van der Waals surface area contributed by atoms with Gasteiger partial charge in [-0.15, -0.1) is 0 Å². The Morgan fingerprint density at radius 1 is 1.22 bits per heavy atom. The first-order valence-electron chi connectivity index (χ1n) is 6.89. The maximum absolute atomic E-state index is 11.1. The first kappa shape index (κ1) is 17.9. The molecule has 23 heavy (non-hydrogen) atoms. The van der Waals surface area contributed by atoms with Crippen molar-refractivity contribution in [2.45, 2.75) is 20.4 Å². The fourth-order valence-electron chi connectivity index (χ4n) is 2.38. The average molecular weight is 413 g/mol. The van der Waals surface area contributed by atoms with E-state index in [2.05, 4.69) is 11.5 Å². The molecule has 120 valence electrons. The number of ether oxygens (including phenoxy) is 1. The smallest absolute Gasteiger partial charge is 0.308 e. The van der Waals surface area contributed by atoms with Crippen molar-refractivity contribution in [2.75, 3.05) is 0 Å². The number of thiazole rings is 1. The lowest BCUT2D eigenvalue weighted by molar-refractivity contribution is -0.664. The summed E-state index contributed by atoms with van der Waals surface area (Å²) in [6.45, 7) is 4.25. The molecule has 0 saturated carbocycles. The molecule has 2 aromatic carbocycles. The summed E-state index contributed by atoms with van der Waals surface area (Å²) in [6, 6.07) is 13.6. The van der Waals surface area contributed by atoms with E-state index < -0.39 is 0 Å². The first-order valence-corrected chi connectivity index (χ1v) is 8.08. The van der Waals surface area contributed by atoms with Crippen LogP contribution in [0.1, 0.15) is 17.5 Å². The van der Waals surface area contributed by atoms with Gasteiger partial charge in [-0.3, -0.25) is 4.79 Å². The van der Waals surface area contributed by atoms with Crippen LogP contribution in [0.5, 0.6) is 5.75 Å². The lowest BCUT2D eigenvalue weighted by Crippen LogP contribution is -3.00. The molecule has 0 unspecified atom stereocenters. The van der Waals surface area contributed by atoms with E-state index in [9.17, 15) is 4.79 Å². The van der Waals surface area contributed by atoms with Gasteiger partial charge in [0.2, 0.25) is 10.5 Å². The summed E-state index contributed by atoms with van der Waals surface area (Å²) < 4.78 is 8.57. The predicted octanol–water partition coefficient (Wildman–Crippen LogP) is 1.13. The second-order valence-electron chi connectivity index (χ2n) is 5.06. The van der Waals surface area contributed by atoms with E-state index in [1.807, 2.05) is 42.5 Å². The summed E-state index contributed by atoms with van der Waals surface area (Å²) in [5, 5.41) is 1.93. The SMILES string of the molecule is CC(=O)Oc1ccc2sc(C)[n+](Cc3ccc(Cl)cc3)c2c1.[Br-]. The number of hydrogen-bond donors (Lipinski definition) is 0. The second kappa shape index (κ2) is 7.43. The highest BCUT2D eigenvalue weighted by Crippen LogP contribution is 2.25. The van der Waals surface area contributed by atoms with Crippen LogP contribution < -0.4 is 26.3 Å². The zero-order valence-corrected chi connectivity index (χ0v) is 15.8. The Morgan fingerprint density at radius 3 is 2.57 bits per heavy atom. The second-order valence-corrected chi connectivity index (χ2v) is 6.73. The standard InChI is InChI=1S/C17H15ClNO2S.BrH/c1-11-19(10-13-3-5-14(18)6-4-13)16-9-15(21-12(2)20)7-8-17(16)22-11;/h3-9H,10H2,1-2H3;1H/q+1;/p-1. The molecule has 1 aromatic heterocycles. The quantitative estimate of drug-likeness (QED) is 0.367. The summed E-state index contributed by atoms with van der Waals surface area (Å²) in [7, 11) is 0. The molecular formula is C17H15BrClNO2S. The number of aryl methyl sites for hydroxylation is 1. The number of hydrogen-bond acceptors (Lipinski definition) is 3. The molecule has 0 radical (unpaired) electrons. The molecule has 6 heteroatoms. The third-order valence-electron chi connectivity index (χ3n) is 3.37. The van der Waals surface area contributed by atoms with Crippen molar-refractivity contribution in [3.63, 3.8) is 0 Å². The van der Waals surface area contributed by atoms with Crippen LogP contribution in [-0.4, -0.2) is 5.97 Å². The third kappa shape index (κ3) is 4.10. The number of aromatic nitrogens is 1. The number of fused-ring (bicyclic) bond motifs is 1. The number of carbonyl (C=O) groups is 1. The van der Waals surface area contributed by atoms with Crippen LogP contribution in [0.3, 0.4) is 0 Å². The van der Waals surface area contributed by atoms with Gasteiger partial charge in [-0.1, -0.05) is 35.1 Å². The highest BCUT2D eigenvalue weighted by molar-refractivity contribution is 7.18. The Hall–Kier alpha value is -1.43. The molecule has 0 bridgehead atoms. The minimum Gasteiger partial charge on any atom is -1.00 e. The number of benzene rings is 2. The summed E-state index contributed by atoms with van der Waals surface area (Å²) >= 11 is 7.66. The van der Waals surface area contributed by atoms with Crippen molar-refractivity contribution in [2.24, 2.45) is 0 Å². The number of rotatable bonds is 3. The van der Waals surface area contributed by atoms with Gasteiger partial charge in [0.15, 0.2) is 6.54 Å². The monoisotopic (exact) mass is 411 g/mol. The average Bonchev–Trinajstić information content (AvgIpc) is 2.77. The van der Waals surface area contributed by atoms with E-state index in [4.69, 9.17) is 16.3 Å². The zero-order chi connectivity index (χ0) is 15.7. The van der Waals surface area contributed by atoms with Crippen LogP contribution in [0, 0.1) is 6.92 Å². The van der Waals surface area contributed by atoms with Crippen molar-refractivity contribution in [3.05, 3.63) is 58.1 Å². The molecular weight excluding hydrogens is 398 g/mol. The fraction of sp³-hybridized carbons (Fsp3) is 0.176. The summed E-state index contributed by atoms with van der Waals surface area (Å²) in [6.07, 6.45) is 0. The molecule has 0 N–H and O–H groups in total. The van der Waals surface area contributed by atoms with Gasteiger partial charge in [-0.25, -0.2) is 0 Å². The van der Waals surface area contributed by atoms with Crippen molar-refractivity contribution >= 4 is 39.1 Å². The Labute approximate surface area is 154 Å². The van der Waals surface area contributed by atoms with Crippen molar-refractivity contribution in [3.8, 4) is 5.75 Å². The summed E-state index contributed by atoms with van der Waals surface area (Å²) in [5.41, 5.74) is 2.24. The molecule has 0 spiro atoms. The lowest BCUT2D eigenvalue weighted by atomic mass is 10.2.